The minimum absolute atomic E-state index is 0.906. The predicted molar refractivity (Wildman–Crippen MR) is 54.7 cm³/mol. The van der Waals surface area contributed by atoms with Gasteiger partial charge >= 0.3 is 0 Å². The maximum atomic E-state index is 3.40. The minimum Gasteiger partial charge on any atom is -0.357 e. The van der Waals surface area contributed by atoms with Gasteiger partial charge in [0.25, 0.3) is 0 Å². The van der Waals surface area contributed by atoms with Crippen molar-refractivity contribution in [3.05, 3.63) is 24.0 Å². The molecule has 0 amide bonds. The molecule has 1 N–H and O–H groups in total. The first-order valence-electron chi connectivity index (χ1n) is 5.16. The first-order valence-corrected chi connectivity index (χ1v) is 5.16. The highest BCUT2D eigenvalue weighted by molar-refractivity contribution is 5.10. The second-order valence-corrected chi connectivity index (χ2v) is 4.08. The van der Waals surface area contributed by atoms with Crippen LogP contribution in [0.25, 0.3) is 0 Å². The number of nitrogens with one attached hydrogen (secondary N) is 1. The van der Waals surface area contributed by atoms with Crippen molar-refractivity contribution >= 4 is 0 Å². The summed E-state index contributed by atoms with van der Waals surface area (Å²) < 4.78 is 2.14. The van der Waals surface area contributed by atoms with Gasteiger partial charge < -0.3 is 9.88 Å². The molecule has 2 rings (SSSR count). The van der Waals surface area contributed by atoms with Gasteiger partial charge in [-0.05, 0) is 49.9 Å². The summed E-state index contributed by atoms with van der Waals surface area (Å²) in [6.07, 6.45) is 8.32. The lowest BCUT2D eigenvalue weighted by atomic mass is 9.92. The molecule has 1 aromatic heterocycles. The van der Waals surface area contributed by atoms with Gasteiger partial charge in [-0.15, -0.1) is 0 Å². The van der Waals surface area contributed by atoms with Crippen molar-refractivity contribution in [2.45, 2.75) is 19.3 Å². The average molecular weight is 178 g/mol. The first-order chi connectivity index (χ1) is 6.34. The van der Waals surface area contributed by atoms with Crippen molar-refractivity contribution in [1.82, 2.24) is 9.88 Å². The van der Waals surface area contributed by atoms with Crippen LogP contribution in [0.1, 0.15) is 18.4 Å². The monoisotopic (exact) mass is 178 g/mol. The molecule has 1 fully saturated rings. The molecule has 0 unspecified atom stereocenters. The second-order valence-electron chi connectivity index (χ2n) is 4.08. The third-order valence-corrected chi connectivity index (χ3v) is 2.88. The number of nitrogens with zero attached hydrogens (tertiary/aromatic N) is 1. The van der Waals surface area contributed by atoms with Crippen LogP contribution >= 0.6 is 0 Å². The summed E-state index contributed by atoms with van der Waals surface area (Å²) in [7, 11) is 2.09. The molecule has 2 heteroatoms. The zero-order valence-electron chi connectivity index (χ0n) is 8.29. The highest BCUT2D eigenvalue weighted by Gasteiger charge is 2.13. The van der Waals surface area contributed by atoms with E-state index in [-0.39, 0.29) is 0 Å². The molecule has 0 radical (unpaired) electrons. The summed E-state index contributed by atoms with van der Waals surface area (Å²) in [6.45, 7) is 2.41. The lowest BCUT2D eigenvalue weighted by Crippen LogP contribution is -2.28. The minimum atomic E-state index is 0.906. The molecule has 0 bridgehead atoms. The molecule has 0 atom stereocenters. The van der Waals surface area contributed by atoms with Gasteiger partial charge in [0, 0.05) is 19.4 Å². The maximum absolute atomic E-state index is 3.40. The van der Waals surface area contributed by atoms with Gasteiger partial charge in [-0.3, -0.25) is 0 Å². The van der Waals surface area contributed by atoms with Gasteiger partial charge in [-0.25, -0.2) is 0 Å². The Morgan fingerprint density at radius 3 is 2.85 bits per heavy atom. The van der Waals surface area contributed by atoms with Gasteiger partial charge in [0.2, 0.25) is 0 Å². The Morgan fingerprint density at radius 2 is 2.23 bits per heavy atom. The van der Waals surface area contributed by atoms with E-state index < -0.39 is 0 Å². The Labute approximate surface area is 79.9 Å². The SMILES string of the molecule is Cn1ccc(CC2CCNCC2)c1. The number of rotatable bonds is 2. The van der Waals surface area contributed by atoms with E-state index in [9.17, 15) is 0 Å². The fraction of sp³-hybridized carbons (Fsp3) is 0.636. The summed E-state index contributed by atoms with van der Waals surface area (Å²) in [5, 5.41) is 3.40. The molecule has 1 saturated heterocycles. The first kappa shape index (κ1) is 8.82. The summed E-state index contributed by atoms with van der Waals surface area (Å²) in [5.41, 5.74) is 1.49. The quantitative estimate of drug-likeness (QED) is 0.727. The molecule has 72 valence electrons. The third kappa shape index (κ3) is 2.34. The van der Waals surface area contributed by atoms with Crippen molar-refractivity contribution < 1.29 is 0 Å². The van der Waals surface area contributed by atoms with Gasteiger partial charge in [0.15, 0.2) is 0 Å². The summed E-state index contributed by atoms with van der Waals surface area (Å²) in [4.78, 5) is 0. The van der Waals surface area contributed by atoms with Gasteiger partial charge in [0.05, 0.1) is 0 Å². The number of aromatic nitrogens is 1. The number of aryl methyl sites for hydroxylation is 1. The van der Waals surface area contributed by atoms with Crippen LogP contribution in [0.15, 0.2) is 18.5 Å². The highest BCUT2D eigenvalue weighted by atomic mass is 14.9. The molecular formula is C11H18N2. The third-order valence-electron chi connectivity index (χ3n) is 2.88. The summed E-state index contributed by atoms with van der Waals surface area (Å²) in [6, 6.07) is 2.24. The number of hydrogen-bond donors (Lipinski definition) is 1. The topological polar surface area (TPSA) is 17.0 Å². The van der Waals surface area contributed by atoms with Crippen LogP contribution in [0.5, 0.6) is 0 Å². The summed E-state index contributed by atoms with van der Waals surface area (Å²) >= 11 is 0. The lowest BCUT2D eigenvalue weighted by Gasteiger charge is -2.21. The normalized spacial score (nSPS) is 19.2. The zero-order valence-corrected chi connectivity index (χ0v) is 8.29. The van der Waals surface area contributed by atoms with E-state index in [1.54, 1.807) is 0 Å². The van der Waals surface area contributed by atoms with E-state index >= 15 is 0 Å². The fourth-order valence-corrected chi connectivity index (χ4v) is 2.10. The lowest BCUT2D eigenvalue weighted by molar-refractivity contribution is 0.372. The number of hydrogen-bond acceptors (Lipinski definition) is 1. The van der Waals surface area contributed by atoms with E-state index in [2.05, 4.69) is 35.4 Å². The molecule has 0 spiro atoms. The van der Waals surface area contributed by atoms with E-state index in [4.69, 9.17) is 0 Å². The largest absolute Gasteiger partial charge is 0.357 e. The number of piperidine rings is 1. The maximum Gasteiger partial charge on any atom is 0.0106 e. The molecule has 0 saturated carbocycles. The second kappa shape index (κ2) is 3.97. The van der Waals surface area contributed by atoms with Crippen LogP contribution in [0, 0.1) is 5.92 Å². The molecule has 0 aliphatic carbocycles. The van der Waals surface area contributed by atoms with Crippen LogP contribution in [0.3, 0.4) is 0 Å². The van der Waals surface area contributed by atoms with E-state index in [0.717, 1.165) is 5.92 Å². The van der Waals surface area contributed by atoms with E-state index in [0.29, 0.717) is 0 Å². The van der Waals surface area contributed by atoms with Crippen LogP contribution in [0.4, 0.5) is 0 Å². The molecule has 2 heterocycles. The van der Waals surface area contributed by atoms with Crippen LogP contribution in [-0.4, -0.2) is 17.7 Å². The molecule has 1 aromatic rings. The predicted octanol–water partition coefficient (Wildman–Crippen LogP) is 1.57. The summed E-state index contributed by atoms with van der Waals surface area (Å²) in [5.74, 6) is 0.906. The van der Waals surface area contributed by atoms with Gasteiger partial charge in [-0.2, -0.15) is 0 Å². The Hall–Kier alpha value is -0.760. The van der Waals surface area contributed by atoms with Crippen LogP contribution in [-0.2, 0) is 13.5 Å². The van der Waals surface area contributed by atoms with Crippen molar-refractivity contribution in [2.24, 2.45) is 13.0 Å². The average Bonchev–Trinajstić information content (AvgIpc) is 2.53. The van der Waals surface area contributed by atoms with Crippen molar-refractivity contribution in [3.63, 3.8) is 0 Å². The zero-order chi connectivity index (χ0) is 9.10. The Morgan fingerprint density at radius 1 is 1.46 bits per heavy atom. The van der Waals surface area contributed by atoms with Crippen molar-refractivity contribution in [3.8, 4) is 0 Å². The smallest absolute Gasteiger partial charge is 0.0106 e. The molecule has 0 aromatic carbocycles. The van der Waals surface area contributed by atoms with E-state index in [1.165, 1.54) is 37.9 Å². The molecule has 1 aliphatic rings. The Bertz CT molecular complexity index is 259. The van der Waals surface area contributed by atoms with E-state index in [1.807, 2.05) is 0 Å². The highest BCUT2D eigenvalue weighted by Crippen LogP contribution is 2.17. The molecule has 1 aliphatic heterocycles. The molecule has 2 nitrogen and oxygen atoms in total. The van der Waals surface area contributed by atoms with Gasteiger partial charge in [-0.1, -0.05) is 0 Å². The van der Waals surface area contributed by atoms with Crippen molar-refractivity contribution in [2.75, 3.05) is 13.1 Å². The Balaban J connectivity index is 1.89. The Kier molecular flexibility index (Phi) is 2.69. The van der Waals surface area contributed by atoms with Crippen LogP contribution in [0.2, 0.25) is 0 Å². The molecule has 13 heavy (non-hydrogen) atoms. The van der Waals surface area contributed by atoms with Gasteiger partial charge in [0.1, 0.15) is 0 Å². The van der Waals surface area contributed by atoms with Crippen LogP contribution < -0.4 is 5.32 Å². The molecular weight excluding hydrogens is 160 g/mol. The van der Waals surface area contributed by atoms with Crippen molar-refractivity contribution in [1.29, 1.82) is 0 Å². The standard InChI is InChI=1S/C11H18N2/c1-13-7-4-11(9-13)8-10-2-5-12-6-3-10/h4,7,9-10,12H,2-3,5-6,8H2,1H3. The fourth-order valence-electron chi connectivity index (χ4n) is 2.10.